The first-order valence-corrected chi connectivity index (χ1v) is 11.4. The minimum atomic E-state index is -2.98. The average Bonchev–Trinajstić information content (AvgIpc) is 2.74. The Bertz CT molecular complexity index is 907. The molecule has 0 saturated carbocycles. The van der Waals surface area contributed by atoms with Gasteiger partial charge in [0.2, 0.25) is 5.91 Å². The third-order valence-electron chi connectivity index (χ3n) is 5.63. The van der Waals surface area contributed by atoms with Crippen LogP contribution in [0, 0.1) is 5.92 Å². The van der Waals surface area contributed by atoms with Crippen LogP contribution in [0.3, 0.4) is 0 Å². The fourth-order valence-electron chi connectivity index (χ4n) is 4.04. The number of anilines is 1. The number of amides is 1. The molecule has 0 radical (unpaired) electrons. The van der Waals surface area contributed by atoms with E-state index in [-0.39, 0.29) is 29.4 Å². The third-order valence-corrected chi connectivity index (χ3v) is 7.34. The fourth-order valence-corrected chi connectivity index (χ4v) is 5.53. The smallest absolute Gasteiger partial charge is 0.226 e. The van der Waals surface area contributed by atoms with Gasteiger partial charge in [-0.2, -0.15) is 0 Å². The zero-order chi connectivity index (χ0) is 19.6. The summed E-state index contributed by atoms with van der Waals surface area (Å²) >= 11 is 0. The van der Waals surface area contributed by atoms with Crippen molar-refractivity contribution in [3.8, 4) is 0 Å². The Morgan fingerprint density at radius 1 is 1.04 bits per heavy atom. The number of piperazine rings is 1. The number of carbonyl (C=O) groups excluding carboxylic acids is 1. The minimum absolute atomic E-state index is 0.0718. The Hall–Kier alpha value is -2.48. The van der Waals surface area contributed by atoms with Crippen molar-refractivity contribution >= 4 is 21.6 Å². The Morgan fingerprint density at radius 3 is 2.46 bits per heavy atom. The molecule has 8 heteroatoms. The summed E-state index contributed by atoms with van der Waals surface area (Å²) in [7, 11) is -2.98. The third kappa shape index (κ3) is 4.01. The standard InChI is InChI=1S/C20H24N4O3S/c25-20(17-6-12-28(26,27)13-7-17)24-11-10-23(19-14-21-8-9-22-19)15-18(24)16-4-2-1-3-5-16/h1-5,8-9,14,17-18H,6-7,10-13,15H2. The van der Waals surface area contributed by atoms with Crippen LogP contribution < -0.4 is 4.90 Å². The highest BCUT2D eigenvalue weighted by Gasteiger charge is 2.37. The molecule has 0 N–H and O–H groups in total. The van der Waals surface area contributed by atoms with Crippen molar-refractivity contribution in [1.82, 2.24) is 14.9 Å². The molecule has 2 aromatic rings. The lowest BCUT2D eigenvalue weighted by molar-refractivity contribution is -0.138. The topological polar surface area (TPSA) is 83.5 Å². The molecule has 1 unspecified atom stereocenters. The number of hydrogen-bond donors (Lipinski definition) is 0. The first-order chi connectivity index (χ1) is 13.5. The van der Waals surface area contributed by atoms with Crippen molar-refractivity contribution in [3.63, 3.8) is 0 Å². The zero-order valence-electron chi connectivity index (χ0n) is 15.6. The molecule has 7 nitrogen and oxygen atoms in total. The monoisotopic (exact) mass is 400 g/mol. The maximum Gasteiger partial charge on any atom is 0.226 e. The van der Waals surface area contributed by atoms with Gasteiger partial charge < -0.3 is 9.80 Å². The Kier molecular flexibility index (Phi) is 5.30. The number of aromatic nitrogens is 2. The molecule has 2 aliphatic rings. The van der Waals surface area contributed by atoms with Gasteiger partial charge in [0.05, 0.1) is 23.7 Å². The molecular formula is C20H24N4O3S. The molecule has 0 aliphatic carbocycles. The lowest BCUT2D eigenvalue weighted by Gasteiger charge is -2.43. The summed E-state index contributed by atoms with van der Waals surface area (Å²) in [6, 6.07) is 9.90. The van der Waals surface area contributed by atoms with E-state index in [0.717, 1.165) is 11.4 Å². The van der Waals surface area contributed by atoms with Crippen LogP contribution in [0.2, 0.25) is 0 Å². The number of sulfone groups is 1. The zero-order valence-corrected chi connectivity index (χ0v) is 16.5. The number of nitrogens with zero attached hydrogens (tertiary/aromatic N) is 4. The predicted octanol–water partition coefficient (Wildman–Crippen LogP) is 1.69. The van der Waals surface area contributed by atoms with Gasteiger partial charge in [0.15, 0.2) is 0 Å². The van der Waals surface area contributed by atoms with Crippen molar-refractivity contribution in [2.45, 2.75) is 18.9 Å². The average molecular weight is 401 g/mol. The SMILES string of the molecule is O=C(C1CCS(=O)(=O)CC1)N1CCN(c2cnccn2)CC1c1ccccc1. The largest absolute Gasteiger partial charge is 0.351 e. The molecule has 2 fully saturated rings. The van der Waals surface area contributed by atoms with E-state index in [2.05, 4.69) is 14.9 Å². The highest BCUT2D eigenvalue weighted by Crippen LogP contribution is 2.31. The first-order valence-electron chi connectivity index (χ1n) is 9.60. The molecule has 0 spiro atoms. The van der Waals surface area contributed by atoms with E-state index in [1.165, 1.54) is 0 Å². The summed E-state index contributed by atoms with van der Waals surface area (Å²) < 4.78 is 23.5. The van der Waals surface area contributed by atoms with Gasteiger partial charge in [0, 0.05) is 37.9 Å². The van der Waals surface area contributed by atoms with E-state index in [1.54, 1.807) is 18.6 Å². The molecule has 148 valence electrons. The van der Waals surface area contributed by atoms with Crippen molar-refractivity contribution < 1.29 is 13.2 Å². The van der Waals surface area contributed by atoms with Gasteiger partial charge >= 0.3 is 0 Å². The summed E-state index contributed by atoms with van der Waals surface area (Å²) in [6.07, 6.45) is 5.91. The van der Waals surface area contributed by atoms with Gasteiger partial charge in [-0.3, -0.25) is 9.78 Å². The molecule has 1 atom stereocenters. The van der Waals surface area contributed by atoms with Gasteiger partial charge in [-0.25, -0.2) is 13.4 Å². The van der Waals surface area contributed by atoms with E-state index >= 15 is 0 Å². The molecule has 1 aromatic carbocycles. The Labute approximate surface area is 165 Å². The molecule has 3 heterocycles. The second-order valence-electron chi connectivity index (χ2n) is 7.39. The van der Waals surface area contributed by atoms with Gasteiger partial charge in [0.1, 0.15) is 15.7 Å². The normalized spacial score (nSPS) is 22.8. The van der Waals surface area contributed by atoms with Gasteiger partial charge in [0.25, 0.3) is 0 Å². The van der Waals surface area contributed by atoms with Crippen molar-refractivity contribution in [2.75, 3.05) is 36.0 Å². The predicted molar refractivity (Wildman–Crippen MR) is 107 cm³/mol. The first kappa shape index (κ1) is 18.9. The van der Waals surface area contributed by atoms with Crippen LogP contribution in [0.4, 0.5) is 5.82 Å². The highest BCUT2D eigenvalue weighted by atomic mass is 32.2. The number of hydrogen-bond acceptors (Lipinski definition) is 6. The lowest BCUT2D eigenvalue weighted by Crippen LogP contribution is -2.53. The van der Waals surface area contributed by atoms with Gasteiger partial charge in [-0.15, -0.1) is 0 Å². The van der Waals surface area contributed by atoms with Crippen molar-refractivity contribution in [2.24, 2.45) is 5.92 Å². The van der Waals surface area contributed by atoms with E-state index in [4.69, 9.17) is 0 Å². The molecule has 28 heavy (non-hydrogen) atoms. The van der Waals surface area contributed by atoms with Crippen LogP contribution in [0.5, 0.6) is 0 Å². The van der Waals surface area contributed by atoms with Crippen LogP contribution in [0.15, 0.2) is 48.9 Å². The maximum absolute atomic E-state index is 13.3. The second kappa shape index (κ2) is 7.87. The van der Waals surface area contributed by atoms with Crippen molar-refractivity contribution in [3.05, 3.63) is 54.5 Å². The quantitative estimate of drug-likeness (QED) is 0.780. The number of carbonyl (C=O) groups is 1. The van der Waals surface area contributed by atoms with Crippen LogP contribution in [-0.4, -0.2) is 60.3 Å². The number of benzene rings is 1. The summed E-state index contributed by atoms with van der Waals surface area (Å²) in [5.41, 5.74) is 1.08. The molecular weight excluding hydrogens is 376 g/mol. The summed E-state index contributed by atoms with van der Waals surface area (Å²) in [6.45, 7) is 1.90. The molecule has 0 bridgehead atoms. The van der Waals surface area contributed by atoms with Crippen LogP contribution >= 0.6 is 0 Å². The summed E-state index contributed by atoms with van der Waals surface area (Å²) in [5.74, 6) is 0.887. The van der Waals surface area contributed by atoms with Crippen LogP contribution in [0.1, 0.15) is 24.4 Å². The molecule has 4 rings (SSSR count). The Morgan fingerprint density at radius 2 is 1.79 bits per heavy atom. The minimum Gasteiger partial charge on any atom is -0.351 e. The molecule has 2 saturated heterocycles. The number of rotatable bonds is 3. The molecule has 1 amide bonds. The molecule has 2 aliphatic heterocycles. The second-order valence-corrected chi connectivity index (χ2v) is 9.70. The van der Waals surface area contributed by atoms with Gasteiger partial charge in [-0.1, -0.05) is 30.3 Å². The van der Waals surface area contributed by atoms with E-state index in [9.17, 15) is 13.2 Å². The summed E-state index contributed by atoms with van der Waals surface area (Å²) in [4.78, 5) is 25.9. The fraction of sp³-hybridized carbons (Fsp3) is 0.450. The molecule has 1 aromatic heterocycles. The van der Waals surface area contributed by atoms with E-state index in [0.29, 0.717) is 32.5 Å². The maximum atomic E-state index is 13.3. The van der Waals surface area contributed by atoms with E-state index in [1.807, 2.05) is 35.2 Å². The van der Waals surface area contributed by atoms with Gasteiger partial charge in [-0.05, 0) is 18.4 Å². The van der Waals surface area contributed by atoms with Crippen molar-refractivity contribution in [1.29, 1.82) is 0 Å². The van der Waals surface area contributed by atoms with Crippen LogP contribution in [0.25, 0.3) is 0 Å². The summed E-state index contributed by atoms with van der Waals surface area (Å²) in [5, 5.41) is 0. The lowest BCUT2D eigenvalue weighted by atomic mass is 9.96. The van der Waals surface area contributed by atoms with E-state index < -0.39 is 9.84 Å². The highest BCUT2D eigenvalue weighted by molar-refractivity contribution is 7.91. The Balaban J connectivity index is 1.56. The van der Waals surface area contributed by atoms with Crippen LogP contribution in [-0.2, 0) is 14.6 Å².